The minimum absolute atomic E-state index is 0.0424. The first-order valence-corrected chi connectivity index (χ1v) is 15.4. The number of aliphatic hydroxyl groups is 1. The van der Waals surface area contributed by atoms with E-state index in [1.54, 1.807) is 9.80 Å². The molecule has 1 unspecified atom stereocenters. The summed E-state index contributed by atoms with van der Waals surface area (Å²) in [5.41, 5.74) is -1.30. The van der Waals surface area contributed by atoms with Gasteiger partial charge in [0, 0.05) is 26.2 Å². The van der Waals surface area contributed by atoms with Crippen molar-refractivity contribution in [3.8, 4) is 0 Å². The van der Waals surface area contributed by atoms with Crippen molar-refractivity contribution in [2.24, 2.45) is 17.8 Å². The molecule has 1 aromatic carbocycles. The third kappa shape index (κ3) is 4.73. The van der Waals surface area contributed by atoms with Crippen LogP contribution in [0.5, 0.6) is 0 Å². The SMILES string of the molecule is CCCCN1CC=C[C@]23O[C@@]4(CC)C=CCN(Cc5ccccc5)C(=O)[C@H]4[C@H]2C(=O)N([C@@H](CO)[C@@H](C)CC)C3C1=O. The Balaban J connectivity index is 1.63. The second-order valence-corrected chi connectivity index (χ2v) is 12.1. The Hall–Kier alpha value is -2.97. The first kappa shape index (κ1) is 29.5. The number of aliphatic hydroxyl groups excluding tert-OH is 1. The molecule has 5 rings (SSSR count). The molecule has 4 aliphatic heterocycles. The first-order valence-electron chi connectivity index (χ1n) is 15.4. The first-order chi connectivity index (χ1) is 19.8. The number of amides is 3. The van der Waals surface area contributed by atoms with Crippen LogP contribution in [0.2, 0.25) is 0 Å². The van der Waals surface area contributed by atoms with E-state index in [1.165, 1.54) is 0 Å². The Morgan fingerprint density at radius 2 is 1.66 bits per heavy atom. The van der Waals surface area contributed by atoms with Crippen LogP contribution in [0, 0.1) is 17.8 Å². The lowest BCUT2D eigenvalue weighted by Gasteiger charge is -2.42. The van der Waals surface area contributed by atoms with Crippen LogP contribution in [0.4, 0.5) is 0 Å². The Bertz CT molecular complexity index is 1200. The molecular weight excluding hydrogens is 518 g/mol. The van der Waals surface area contributed by atoms with E-state index in [9.17, 15) is 19.5 Å². The van der Waals surface area contributed by atoms with Crippen LogP contribution in [-0.4, -0.2) is 87.1 Å². The van der Waals surface area contributed by atoms with Gasteiger partial charge < -0.3 is 24.5 Å². The molecule has 2 saturated heterocycles. The lowest BCUT2D eigenvalue weighted by Crippen LogP contribution is -2.60. The Labute approximate surface area is 244 Å². The second-order valence-electron chi connectivity index (χ2n) is 12.1. The van der Waals surface area contributed by atoms with Crippen LogP contribution in [0.25, 0.3) is 0 Å². The van der Waals surface area contributed by atoms with Crippen molar-refractivity contribution in [3.63, 3.8) is 0 Å². The molecule has 1 aromatic rings. The highest BCUT2D eigenvalue weighted by Crippen LogP contribution is 2.59. The fourth-order valence-electron chi connectivity index (χ4n) is 7.46. The Kier molecular flexibility index (Phi) is 8.44. The topological polar surface area (TPSA) is 90.4 Å². The van der Waals surface area contributed by atoms with Gasteiger partial charge in [0.1, 0.15) is 11.6 Å². The van der Waals surface area contributed by atoms with Crippen LogP contribution >= 0.6 is 0 Å². The average Bonchev–Trinajstić information content (AvgIpc) is 3.28. The van der Waals surface area contributed by atoms with Gasteiger partial charge in [-0.1, -0.05) is 95.2 Å². The van der Waals surface area contributed by atoms with Crippen LogP contribution in [0.1, 0.15) is 58.9 Å². The van der Waals surface area contributed by atoms with Gasteiger partial charge in [0.05, 0.1) is 30.1 Å². The van der Waals surface area contributed by atoms with Gasteiger partial charge in [0.2, 0.25) is 17.7 Å². The van der Waals surface area contributed by atoms with E-state index < -0.39 is 35.1 Å². The number of fused-ring (bicyclic) bond motifs is 2. The van der Waals surface area contributed by atoms with Crippen LogP contribution in [0.15, 0.2) is 54.6 Å². The molecule has 0 saturated carbocycles. The predicted molar refractivity (Wildman–Crippen MR) is 156 cm³/mol. The lowest BCUT2D eigenvalue weighted by molar-refractivity contribution is -0.158. The minimum Gasteiger partial charge on any atom is -0.394 e. The third-order valence-electron chi connectivity index (χ3n) is 9.89. The van der Waals surface area contributed by atoms with Crippen molar-refractivity contribution in [2.45, 2.75) is 83.2 Å². The molecule has 222 valence electrons. The zero-order chi connectivity index (χ0) is 29.4. The summed E-state index contributed by atoms with van der Waals surface area (Å²) in [4.78, 5) is 48.9. The van der Waals surface area contributed by atoms with E-state index in [4.69, 9.17) is 4.74 Å². The molecule has 4 aliphatic rings. The van der Waals surface area contributed by atoms with Crippen LogP contribution in [0.3, 0.4) is 0 Å². The van der Waals surface area contributed by atoms with Gasteiger partial charge in [-0.2, -0.15) is 0 Å². The summed E-state index contributed by atoms with van der Waals surface area (Å²) >= 11 is 0. The van der Waals surface area contributed by atoms with Gasteiger partial charge in [-0.15, -0.1) is 0 Å². The monoisotopic (exact) mass is 563 g/mol. The summed E-state index contributed by atoms with van der Waals surface area (Å²) in [6, 6.07) is 8.35. The molecule has 7 atom stereocenters. The standard InChI is InChI=1S/C33H45N3O5/c1-5-8-18-34-19-13-17-33-27(30(39)36(28(33)31(34)40)25(22-37)23(4)6-2)26-29(38)35(21-24-14-10-9-11-15-24)20-12-16-32(26,7-3)41-33/h9-17,23,25-28,37H,5-8,18-22H2,1-4H3/t23-,25-,26+,27-,28?,32-,33-/m0/s1. The molecule has 1 spiro atoms. The molecule has 1 N–H and O–H groups in total. The summed E-state index contributed by atoms with van der Waals surface area (Å²) < 4.78 is 7.07. The summed E-state index contributed by atoms with van der Waals surface area (Å²) in [5.74, 6) is -2.27. The van der Waals surface area contributed by atoms with Crippen molar-refractivity contribution in [2.75, 3.05) is 26.2 Å². The van der Waals surface area contributed by atoms with Crippen molar-refractivity contribution in [1.82, 2.24) is 14.7 Å². The molecule has 4 heterocycles. The number of unbranched alkanes of at least 4 members (excludes halogenated alkanes) is 1. The fourth-order valence-corrected chi connectivity index (χ4v) is 7.46. The number of hydrogen-bond donors (Lipinski definition) is 1. The van der Waals surface area contributed by atoms with E-state index in [0.29, 0.717) is 32.6 Å². The zero-order valence-electron chi connectivity index (χ0n) is 24.9. The summed E-state index contributed by atoms with van der Waals surface area (Å²) in [6.07, 6.45) is 10.8. The van der Waals surface area contributed by atoms with Crippen LogP contribution < -0.4 is 0 Å². The van der Waals surface area contributed by atoms with Crippen LogP contribution in [-0.2, 0) is 25.7 Å². The molecule has 0 aromatic heterocycles. The number of nitrogens with zero attached hydrogens (tertiary/aromatic N) is 3. The number of carbonyl (C=O) groups is 3. The number of rotatable bonds is 10. The lowest BCUT2D eigenvalue weighted by atomic mass is 9.73. The quantitative estimate of drug-likeness (QED) is 0.440. The van der Waals surface area contributed by atoms with Crippen molar-refractivity contribution >= 4 is 17.7 Å². The molecule has 0 radical (unpaired) electrons. The number of benzene rings is 1. The number of carbonyl (C=O) groups excluding carboxylic acids is 3. The molecule has 41 heavy (non-hydrogen) atoms. The summed E-state index contributed by atoms with van der Waals surface area (Å²) in [7, 11) is 0. The zero-order valence-corrected chi connectivity index (χ0v) is 24.9. The van der Waals surface area contributed by atoms with Gasteiger partial charge >= 0.3 is 0 Å². The van der Waals surface area contributed by atoms with Crippen molar-refractivity contribution in [1.29, 1.82) is 0 Å². The molecule has 0 aliphatic carbocycles. The van der Waals surface area contributed by atoms with Gasteiger partial charge in [-0.25, -0.2) is 0 Å². The smallest absolute Gasteiger partial charge is 0.249 e. The number of ether oxygens (including phenoxy) is 1. The van der Waals surface area contributed by atoms with Gasteiger partial charge in [-0.05, 0) is 24.3 Å². The number of likely N-dealkylation sites (tertiary alicyclic amines) is 1. The maximum Gasteiger partial charge on any atom is 0.249 e. The normalized spacial score (nSPS) is 32.5. The van der Waals surface area contributed by atoms with Gasteiger partial charge in [0.25, 0.3) is 0 Å². The molecule has 2 fully saturated rings. The van der Waals surface area contributed by atoms with Gasteiger partial charge in [-0.3, -0.25) is 14.4 Å². The second kappa shape index (κ2) is 11.7. The summed E-state index contributed by atoms with van der Waals surface area (Å²) in [6.45, 7) is 9.68. The van der Waals surface area contributed by atoms with Gasteiger partial charge in [0.15, 0.2) is 0 Å². The van der Waals surface area contributed by atoms with E-state index in [1.807, 2.05) is 80.3 Å². The van der Waals surface area contributed by atoms with Crippen molar-refractivity contribution in [3.05, 3.63) is 60.2 Å². The maximum atomic E-state index is 14.7. The summed E-state index contributed by atoms with van der Waals surface area (Å²) in [5, 5.41) is 10.6. The van der Waals surface area contributed by atoms with E-state index >= 15 is 0 Å². The maximum absolute atomic E-state index is 14.7. The highest BCUT2D eigenvalue weighted by atomic mass is 16.5. The minimum atomic E-state index is -1.30. The predicted octanol–water partition coefficient (Wildman–Crippen LogP) is 3.55. The number of hydrogen-bond acceptors (Lipinski definition) is 5. The third-order valence-corrected chi connectivity index (χ3v) is 9.89. The fraction of sp³-hybridized carbons (Fsp3) is 0.606. The Morgan fingerprint density at radius 3 is 2.32 bits per heavy atom. The highest BCUT2D eigenvalue weighted by molar-refractivity contribution is 6.00. The molecule has 0 bridgehead atoms. The highest BCUT2D eigenvalue weighted by Gasteiger charge is 2.76. The largest absolute Gasteiger partial charge is 0.394 e. The molecule has 8 heteroatoms. The van der Waals surface area contributed by atoms with Crippen molar-refractivity contribution < 1.29 is 24.2 Å². The Morgan fingerprint density at radius 1 is 0.951 bits per heavy atom. The molecular formula is C33H45N3O5. The van der Waals surface area contributed by atoms with E-state index in [0.717, 1.165) is 24.8 Å². The molecule has 3 amide bonds. The average molecular weight is 564 g/mol. The van der Waals surface area contributed by atoms with E-state index in [2.05, 4.69) is 6.92 Å². The van der Waals surface area contributed by atoms with E-state index in [-0.39, 0.29) is 30.2 Å². The molecule has 8 nitrogen and oxygen atoms in total.